The van der Waals surface area contributed by atoms with E-state index in [4.69, 9.17) is 14.2 Å². The van der Waals surface area contributed by atoms with Crippen molar-refractivity contribution in [1.82, 2.24) is 0 Å². The molecule has 5 rings (SSSR count). The third-order valence-electron chi connectivity index (χ3n) is 10.5. The highest BCUT2D eigenvalue weighted by Gasteiger charge is 2.78. The van der Waals surface area contributed by atoms with Crippen LogP contribution in [0.3, 0.4) is 0 Å². The monoisotopic (exact) mass is 546 g/mol. The first-order chi connectivity index (χ1) is 18.1. The van der Waals surface area contributed by atoms with E-state index in [1.54, 1.807) is 51.1 Å². The summed E-state index contributed by atoms with van der Waals surface area (Å²) in [5.41, 5.74) is -6.43. The summed E-state index contributed by atoms with van der Waals surface area (Å²) in [5, 5.41) is 46.9. The predicted octanol–water partition coefficient (Wildman–Crippen LogP) is 1.02. The summed E-state index contributed by atoms with van der Waals surface area (Å²) < 4.78 is 17.8. The summed E-state index contributed by atoms with van der Waals surface area (Å²) in [6.45, 7) is 7.57. The van der Waals surface area contributed by atoms with Gasteiger partial charge < -0.3 is 34.6 Å². The van der Waals surface area contributed by atoms with Gasteiger partial charge in [-0.2, -0.15) is 0 Å². The van der Waals surface area contributed by atoms with E-state index in [2.05, 4.69) is 0 Å². The van der Waals surface area contributed by atoms with E-state index in [1.807, 2.05) is 0 Å². The number of aliphatic hydroxyl groups excluding tert-OH is 3. The van der Waals surface area contributed by atoms with E-state index >= 15 is 0 Å². The summed E-state index contributed by atoms with van der Waals surface area (Å²) >= 11 is 0. The number of esters is 2. The minimum Gasteiger partial charge on any atom is -0.455 e. The molecule has 11 atom stereocenters. The molecular formula is C29H38O10. The molecule has 0 aromatic heterocycles. The van der Waals surface area contributed by atoms with Crippen LogP contribution in [0.25, 0.3) is 0 Å². The lowest BCUT2D eigenvalue weighted by Gasteiger charge is -2.68. The third-order valence-corrected chi connectivity index (χ3v) is 10.5. The van der Waals surface area contributed by atoms with E-state index in [1.165, 1.54) is 13.8 Å². The van der Waals surface area contributed by atoms with Gasteiger partial charge in [0.05, 0.1) is 35.7 Å². The maximum Gasteiger partial charge on any atom is 0.338 e. The highest BCUT2D eigenvalue weighted by atomic mass is 16.6. The summed E-state index contributed by atoms with van der Waals surface area (Å²) in [4.78, 5) is 40.3. The molecule has 1 aliphatic heterocycles. The molecule has 214 valence electrons. The van der Waals surface area contributed by atoms with Gasteiger partial charge >= 0.3 is 11.9 Å². The molecule has 2 unspecified atom stereocenters. The Morgan fingerprint density at radius 1 is 1.08 bits per heavy atom. The van der Waals surface area contributed by atoms with Crippen molar-refractivity contribution < 1.29 is 49.0 Å². The van der Waals surface area contributed by atoms with E-state index in [0.29, 0.717) is 0 Å². The Bertz CT molecular complexity index is 1170. The van der Waals surface area contributed by atoms with Crippen LogP contribution in [0.1, 0.15) is 57.8 Å². The zero-order valence-corrected chi connectivity index (χ0v) is 22.9. The number of aliphatic hydroxyl groups is 4. The number of rotatable bonds is 3. The molecule has 3 aliphatic carbocycles. The molecule has 10 nitrogen and oxygen atoms in total. The van der Waals surface area contributed by atoms with Crippen molar-refractivity contribution in [3.8, 4) is 0 Å². The number of benzene rings is 1. The van der Waals surface area contributed by atoms with Crippen molar-refractivity contribution in [3.63, 3.8) is 0 Å². The quantitative estimate of drug-likeness (QED) is 0.403. The molecular weight excluding hydrogens is 508 g/mol. The number of carbonyl (C=O) groups is 3. The van der Waals surface area contributed by atoms with Gasteiger partial charge in [-0.1, -0.05) is 39.0 Å². The van der Waals surface area contributed by atoms with Gasteiger partial charge in [0.1, 0.15) is 23.9 Å². The first kappa shape index (κ1) is 28.2. The molecule has 4 aliphatic rings. The molecule has 1 saturated heterocycles. The van der Waals surface area contributed by atoms with Gasteiger partial charge in [-0.05, 0) is 25.0 Å². The first-order valence-corrected chi connectivity index (χ1v) is 13.5. The van der Waals surface area contributed by atoms with Crippen molar-refractivity contribution in [2.24, 2.45) is 28.6 Å². The van der Waals surface area contributed by atoms with Crippen molar-refractivity contribution in [2.75, 3.05) is 6.61 Å². The Kier molecular flexibility index (Phi) is 6.55. The zero-order valence-electron chi connectivity index (χ0n) is 22.9. The van der Waals surface area contributed by atoms with Crippen LogP contribution in [0, 0.1) is 28.6 Å². The van der Waals surface area contributed by atoms with Crippen LogP contribution in [0.2, 0.25) is 0 Å². The van der Waals surface area contributed by atoms with Crippen LogP contribution < -0.4 is 0 Å². The molecule has 0 radical (unpaired) electrons. The van der Waals surface area contributed by atoms with Gasteiger partial charge in [0, 0.05) is 31.1 Å². The number of carbonyl (C=O) groups excluding carboxylic acids is 3. The number of ether oxygens (including phenoxy) is 3. The predicted molar refractivity (Wildman–Crippen MR) is 135 cm³/mol. The van der Waals surface area contributed by atoms with Crippen molar-refractivity contribution in [3.05, 3.63) is 35.9 Å². The molecule has 4 N–H and O–H groups in total. The topological polar surface area (TPSA) is 160 Å². The second kappa shape index (κ2) is 9.07. The molecule has 3 saturated carbocycles. The van der Waals surface area contributed by atoms with Gasteiger partial charge in [-0.15, -0.1) is 0 Å². The highest BCUT2D eigenvalue weighted by Crippen LogP contribution is 2.64. The molecule has 2 bridgehead atoms. The average molecular weight is 547 g/mol. The van der Waals surface area contributed by atoms with E-state index in [-0.39, 0.29) is 25.0 Å². The lowest BCUT2D eigenvalue weighted by molar-refractivity contribution is -0.355. The largest absolute Gasteiger partial charge is 0.455 e. The number of hydrogen-bond donors (Lipinski definition) is 4. The van der Waals surface area contributed by atoms with Gasteiger partial charge in [0.25, 0.3) is 0 Å². The maximum atomic E-state index is 14.3. The Balaban J connectivity index is 1.79. The van der Waals surface area contributed by atoms with Crippen LogP contribution in [-0.4, -0.2) is 86.5 Å². The fourth-order valence-electron chi connectivity index (χ4n) is 8.20. The Labute approximate surface area is 227 Å². The van der Waals surface area contributed by atoms with Crippen LogP contribution in [0.15, 0.2) is 30.3 Å². The lowest BCUT2D eigenvalue weighted by Crippen LogP contribution is -2.83. The minimum atomic E-state index is -2.01. The van der Waals surface area contributed by atoms with Crippen LogP contribution >= 0.6 is 0 Å². The molecule has 1 heterocycles. The summed E-state index contributed by atoms with van der Waals surface area (Å²) in [7, 11) is 0. The summed E-state index contributed by atoms with van der Waals surface area (Å²) in [6, 6.07) is 8.12. The normalized spacial score (nSPS) is 46.4. The first-order valence-electron chi connectivity index (χ1n) is 13.5. The third kappa shape index (κ3) is 3.68. The zero-order chi connectivity index (χ0) is 28.7. The molecule has 10 heteroatoms. The van der Waals surface area contributed by atoms with Crippen molar-refractivity contribution >= 4 is 17.7 Å². The smallest absolute Gasteiger partial charge is 0.338 e. The number of fused-ring (bicyclic) bond motifs is 5. The number of hydrogen-bond acceptors (Lipinski definition) is 10. The fourth-order valence-corrected chi connectivity index (χ4v) is 8.20. The van der Waals surface area contributed by atoms with Gasteiger partial charge in [-0.3, -0.25) is 9.59 Å². The van der Waals surface area contributed by atoms with E-state index < -0.39 is 88.0 Å². The lowest BCUT2D eigenvalue weighted by atomic mass is 9.42. The van der Waals surface area contributed by atoms with Crippen molar-refractivity contribution in [1.29, 1.82) is 0 Å². The Hall–Kier alpha value is -2.37. The second-order valence-electron chi connectivity index (χ2n) is 12.7. The molecule has 1 aromatic rings. The van der Waals surface area contributed by atoms with Gasteiger partial charge in [0.15, 0.2) is 11.4 Å². The van der Waals surface area contributed by atoms with Crippen LogP contribution in [-0.2, 0) is 23.8 Å². The van der Waals surface area contributed by atoms with Gasteiger partial charge in [-0.25, -0.2) is 4.79 Å². The average Bonchev–Trinajstić information content (AvgIpc) is 2.87. The molecule has 4 fully saturated rings. The standard InChI is InChI=1S/C29H38O10/c1-14-17(31)12-29(36)24(38-25(35)16-9-7-6-8-10-16)22-27(5,23(34)21(33)20(14)26(29,3)4)18(32)11-19-28(22,13-37-19)39-15(2)30/h6-10,14,17-22,24,31-33,36H,11-13H2,1-5H3/t14?,17-,18-,19+,20?,21+,22-,24-,27+,28-,29+/m0/s1. The minimum absolute atomic E-state index is 0.0667. The Morgan fingerprint density at radius 3 is 2.28 bits per heavy atom. The number of Topliss-reactive ketones (excluding diaryl/α,β-unsaturated/α-hetero) is 1. The fraction of sp³-hybridized carbons (Fsp3) is 0.690. The molecule has 0 amide bonds. The van der Waals surface area contributed by atoms with Crippen LogP contribution in [0.4, 0.5) is 0 Å². The van der Waals surface area contributed by atoms with Gasteiger partial charge in [0.2, 0.25) is 0 Å². The second-order valence-corrected chi connectivity index (χ2v) is 12.7. The molecule has 0 spiro atoms. The SMILES string of the molecule is CC(=O)O[C@@]12CO[C@@H]1C[C@H](O)[C@@]1(C)C(=O)[C@H](O)C3C(C)[C@@H](O)C[C@@](O)([C@@H](OC(=O)c4ccccc4)[C@H]21)C3(C)C. The highest BCUT2D eigenvalue weighted by molar-refractivity contribution is 5.92. The number of ketones is 1. The summed E-state index contributed by atoms with van der Waals surface area (Å²) in [5.74, 6) is -5.04. The van der Waals surface area contributed by atoms with E-state index in [0.717, 1.165) is 0 Å². The molecule has 39 heavy (non-hydrogen) atoms. The van der Waals surface area contributed by atoms with E-state index in [9.17, 15) is 34.8 Å². The molecule has 1 aromatic carbocycles. The Morgan fingerprint density at radius 2 is 1.72 bits per heavy atom. The van der Waals surface area contributed by atoms with Crippen molar-refractivity contribution in [2.45, 2.75) is 89.2 Å². The van der Waals surface area contributed by atoms with Crippen LogP contribution in [0.5, 0.6) is 0 Å². The summed E-state index contributed by atoms with van der Waals surface area (Å²) in [6.07, 6.45) is -6.87. The maximum absolute atomic E-state index is 14.3.